The van der Waals surface area contributed by atoms with E-state index in [-0.39, 0.29) is 21.3 Å². The van der Waals surface area contributed by atoms with Crippen molar-refractivity contribution in [2.24, 2.45) is 0 Å². The second-order valence-corrected chi connectivity index (χ2v) is 9.73. The first-order valence-corrected chi connectivity index (χ1v) is 11.9. The maximum absolute atomic E-state index is 13.2. The Morgan fingerprint density at radius 3 is 2.14 bits per heavy atom. The van der Waals surface area contributed by atoms with Gasteiger partial charge in [0.05, 0.1) is 21.8 Å². The number of nitrogens with two attached hydrogens (primary N) is 1. The van der Waals surface area contributed by atoms with Crippen molar-refractivity contribution in [1.82, 2.24) is 4.98 Å². The summed E-state index contributed by atoms with van der Waals surface area (Å²) < 4.78 is 72.6. The van der Waals surface area contributed by atoms with Crippen molar-refractivity contribution in [3.63, 3.8) is 0 Å². The summed E-state index contributed by atoms with van der Waals surface area (Å²) in [6.45, 7) is 0. The van der Waals surface area contributed by atoms with E-state index in [2.05, 4.69) is 10.3 Å². The van der Waals surface area contributed by atoms with Crippen LogP contribution >= 0.6 is 0 Å². The standard InChI is InChI=1S/C25H18F4N4O2S/c26-19-7-1-15(2-8-19)17-5-11-21(30)22(13-17)33-24(34)16-3-9-20(10-4-16)36(31,35)23-12-6-18(14-32-23)25(27,28)29/h1-14,31H,30H2,(H,33,34). The van der Waals surface area contributed by atoms with E-state index < -0.39 is 27.4 Å². The summed E-state index contributed by atoms with van der Waals surface area (Å²) in [5.41, 5.74) is 7.18. The van der Waals surface area contributed by atoms with Gasteiger partial charge in [0.1, 0.15) is 20.6 Å². The lowest BCUT2D eigenvalue weighted by Crippen LogP contribution is -2.13. The third-order valence-electron chi connectivity index (χ3n) is 5.29. The Balaban J connectivity index is 1.53. The highest BCUT2D eigenvalue weighted by Crippen LogP contribution is 2.30. The molecule has 36 heavy (non-hydrogen) atoms. The van der Waals surface area contributed by atoms with E-state index in [0.29, 0.717) is 29.2 Å². The smallest absolute Gasteiger partial charge is 0.397 e. The second-order valence-electron chi connectivity index (χ2n) is 7.73. The predicted octanol–water partition coefficient (Wildman–Crippen LogP) is 6.21. The van der Waals surface area contributed by atoms with Gasteiger partial charge in [-0.1, -0.05) is 18.2 Å². The zero-order chi connectivity index (χ0) is 26.1. The first kappa shape index (κ1) is 24.9. The molecule has 0 aliphatic heterocycles. The Labute approximate surface area is 203 Å². The number of amides is 1. The molecule has 0 saturated carbocycles. The molecular formula is C25H18F4N4O2S. The number of nitrogens with zero attached hydrogens (tertiary/aromatic N) is 1. The monoisotopic (exact) mass is 514 g/mol. The number of nitrogen functional groups attached to an aromatic ring is 1. The molecule has 1 unspecified atom stereocenters. The van der Waals surface area contributed by atoms with Crippen LogP contribution in [0.2, 0.25) is 0 Å². The quantitative estimate of drug-likeness (QED) is 0.217. The van der Waals surface area contributed by atoms with E-state index in [1.807, 2.05) is 0 Å². The average molecular weight is 515 g/mol. The van der Waals surface area contributed by atoms with Gasteiger partial charge in [-0.2, -0.15) is 13.2 Å². The number of alkyl halides is 3. The molecule has 11 heteroatoms. The number of rotatable bonds is 5. The summed E-state index contributed by atoms with van der Waals surface area (Å²) in [6, 6.07) is 17.6. The largest absolute Gasteiger partial charge is 0.417 e. The Hall–Kier alpha value is -4.25. The third kappa shape index (κ3) is 5.20. The van der Waals surface area contributed by atoms with Crippen LogP contribution in [0.15, 0.2) is 95.0 Å². The number of aromatic nitrogens is 1. The molecule has 1 heterocycles. The van der Waals surface area contributed by atoms with Gasteiger partial charge in [-0.15, -0.1) is 0 Å². The molecule has 4 rings (SSSR count). The van der Waals surface area contributed by atoms with Crippen molar-refractivity contribution in [2.45, 2.75) is 16.1 Å². The van der Waals surface area contributed by atoms with E-state index in [1.165, 1.54) is 36.4 Å². The highest BCUT2D eigenvalue weighted by atomic mass is 32.2. The Morgan fingerprint density at radius 1 is 0.917 bits per heavy atom. The van der Waals surface area contributed by atoms with Crippen molar-refractivity contribution >= 4 is 27.0 Å². The average Bonchev–Trinajstić information content (AvgIpc) is 2.85. The van der Waals surface area contributed by atoms with Gasteiger partial charge >= 0.3 is 6.18 Å². The van der Waals surface area contributed by atoms with Gasteiger partial charge in [-0.3, -0.25) is 4.79 Å². The van der Waals surface area contributed by atoms with E-state index in [9.17, 15) is 26.6 Å². The number of benzene rings is 3. The van der Waals surface area contributed by atoms with Crippen molar-refractivity contribution in [1.29, 1.82) is 4.78 Å². The van der Waals surface area contributed by atoms with Crippen LogP contribution in [0.5, 0.6) is 0 Å². The van der Waals surface area contributed by atoms with Crippen LogP contribution in [0.4, 0.5) is 28.9 Å². The molecule has 0 aliphatic carbocycles. The predicted molar refractivity (Wildman–Crippen MR) is 127 cm³/mol. The van der Waals surface area contributed by atoms with Gasteiger partial charge in [0.15, 0.2) is 0 Å². The summed E-state index contributed by atoms with van der Waals surface area (Å²) in [5.74, 6) is -0.912. The molecule has 0 saturated heterocycles. The summed E-state index contributed by atoms with van der Waals surface area (Å²) in [6.07, 6.45) is -4.08. The highest BCUT2D eigenvalue weighted by molar-refractivity contribution is 7.92. The lowest BCUT2D eigenvalue weighted by molar-refractivity contribution is -0.137. The number of nitrogens with one attached hydrogen (secondary N) is 2. The zero-order valence-corrected chi connectivity index (χ0v) is 19.2. The fourth-order valence-electron chi connectivity index (χ4n) is 3.32. The van der Waals surface area contributed by atoms with Crippen molar-refractivity contribution in [3.8, 4) is 11.1 Å². The molecule has 4 aromatic rings. The SMILES string of the molecule is N=S(=O)(c1ccc(C(=O)Nc2cc(-c3ccc(F)cc3)ccc2N)cc1)c1ccc(C(F)(F)F)cn1. The molecule has 0 spiro atoms. The van der Waals surface area contributed by atoms with E-state index in [1.54, 1.807) is 30.3 Å². The minimum atomic E-state index is -4.61. The minimum Gasteiger partial charge on any atom is -0.397 e. The molecule has 0 fully saturated rings. The Morgan fingerprint density at radius 2 is 1.56 bits per heavy atom. The van der Waals surface area contributed by atoms with Crippen molar-refractivity contribution in [3.05, 3.63) is 102 Å². The van der Waals surface area contributed by atoms with Gasteiger partial charge in [-0.05, 0) is 71.8 Å². The minimum absolute atomic E-state index is 0.0240. The van der Waals surface area contributed by atoms with E-state index in [4.69, 9.17) is 10.5 Å². The summed E-state index contributed by atoms with van der Waals surface area (Å²) in [7, 11) is -3.71. The molecule has 1 amide bonds. The van der Waals surface area contributed by atoms with Crippen molar-refractivity contribution in [2.75, 3.05) is 11.1 Å². The van der Waals surface area contributed by atoms with E-state index >= 15 is 0 Å². The van der Waals surface area contributed by atoms with Gasteiger partial charge < -0.3 is 11.1 Å². The fraction of sp³-hybridized carbons (Fsp3) is 0.0400. The fourth-order valence-corrected chi connectivity index (χ4v) is 4.54. The lowest BCUT2D eigenvalue weighted by atomic mass is 10.0. The highest BCUT2D eigenvalue weighted by Gasteiger charge is 2.31. The van der Waals surface area contributed by atoms with Crippen LogP contribution < -0.4 is 11.1 Å². The Kier molecular flexibility index (Phi) is 6.51. The molecule has 1 aromatic heterocycles. The van der Waals surface area contributed by atoms with Crippen molar-refractivity contribution < 1.29 is 26.6 Å². The molecular weight excluding hydrogens is 496 g/mol. The number of carbonyl (C=O) groups excluding carboxylic acids is 1. The number of hydrogen-bond donors (Lipinski definition) is 3. The second kappa shape index (κ2) is 9.42. The van der Waals surface area contributed by atoms with Gasteiger partial charge in [-0.25, -0.2) is 18.4 Å². The molecule has 0 radical (unpaired) electrons. The topological polar surface area (TPSA) is 109 Å². The van der Waals surface area contributed by atoms with E-state index in [0.717, 1.165) is 11.6 Å². The third-order valence-corrected chi connectivity index (χ3v) is 7.05. The number of anilines is 2. The summed E-state index contributed by atoms with van der Waals surface area (Å²) in [4.78, 5) is 16.3. The van der Waals surface area contributed by atoms with Crippen LogP contribution in [0.25, 0.3) is 11.1 Å². The van der Waals surface area contributed by atoms with Crippen LogP contribution in [0.1, 0.15) is 15.9 Å². The first-order chi connectivity index (χ1) is 16.9. The van der Waals surface area contributed by atoms with Crippen LogP contribution in [-0.4, -0.2) is 15.1 Å². The molecule has 4 N–H and O–H groups in total. The number of hydrogen-bond acceptors (Lipinski definition) is 5. The number of carbonyl (C=O) groups is 1. The summed E-state index contributed by atoms with van der Waals surface area (Å²) in [5, 5.41) is 2.35. The maximum atomic E-state index is 13.2. The van der Waals surface area contributed by atoms with Gasteiger partial charge in [0, 0.05) is 11.8 Å². The lowest BCUT2D eigenvalue weighted by Gasteiger charge is -2.12. The summed E-state index contributed by atoms with van der Waals surface area (Å²) >= 11 is 0. The first-order valence-electron chi connectivity index (χ1n) is 10.3. The molecule has 6 nitrogen and oxygen atoms in total. The zero-order valence-electron chi connectivity index (χ0n) is 18.3. The number of halogens is 4. The van der Waals surface area contributed by atoms with Gasteiger partial charge in [0.25, 0.3) is 5.91 Å². The van der Waals surface area contributed by atoms with Crippen LogP contribution in [0.3, 0.4) is 0 Å². The number of pyridine rings is 1. The van der Waals surface area contributed by atoms with Crippen LogP contribution in [0, 0.1) is 10.6 Å². The molecule has 0 bridgehead atoms. The molecule has 1 atom stereocenters. The molecule has 3 aromatic carbocycles. The maximum Gasteiger partial charge on any atom is 0.417 e. The Bertz CT molecular complexity index is 1520. The molecule has 184 valence electrons. The van der Waals surface area contributed by atoms with Crippen LogP contribution in [-0.2, 0) is 15.9 Å². The molecule has 0 aliphatic rings. The normalized spacial score (nSPS) is 13.1. The van der Waals surface area contributed by atoms with Gasteiger partial charge in [0.2, 0.25) is 0 Å².